The predicted octanol–water partition coefficient (Wildman–Crippen LogP) is 1.38. The second-order valence-corrected chi connectivity index (χ2v) is 10.7. The third-order valence-electron chi connectivity index (χ3n) is 7.67. The molecule has 3 amide bonds. The van der Waals surface area contributed by atoms with Gasteiger partial charge in [-0.1, -0.05) is 67.9 Å². The van der Waals surface area contributed by atoms with E-state index in [1.807, 2.05) is 26.0 Å². The highest BCUT2D eigenvalue weighted by Gasteiger charge is 2.38. The maximum atomic E-state index is 13.5. The number of carbonyl (C=O) groups excluding carboxylic acids is 4. The average Bonchev–Trinajstić information content (AvgIpc) is 3.66. The smallest absolute Gasteiger partial charge is 0.307 e. The van der Waals surface area contributed by atoms with Crippen LogP contribution in [0.3, 0.4) is 0 Å². The third-order valence-corrected chi connectivity index (χ3v) is 7.67. The lowest BCUT2D eigenvalue weighted by Crippen LogP contribution is -2.51. The molecule has 2 aromatic carbocycles. The molecule has 1 aromatic heterocycles. The van der Waals surface area contributed by atoms with Crippen LogP contribution in [0.1, 0.15) is 49.2 Å². The normalized spacial score (nSPS) is 15.3. The zero-order valence-corrected chi connectivity index (χ0v) is 24.1. The molecule has 0 unspecified atom stereocenters. The van der Waals surface area contributed by atoms with E-state index in [1.54, 1.807) is 36.4 Å². The second-order valence-electron chi connectivity index (χ2n) is 10.7. The molecule has 4 N–H and O–H groups in total. The first-order valence-electron chi connectivity index (χ1n) is 14.1. The monoisotopic (exact) mass is 589 g/mol. The first-order chi connectivity index (χ1) is 20.7. The zero-order chi connectivity index (χ0) is 30.9. The minimum atomic E-state index is -0.932. The molecule has 0 bridgehead atoms. The van der Waals surface area contributed by atoms with Crippen LogP contribution < -0.4 is 15.5 Å². The van der Waals surface area contributed by atoms with Gasteiger partial charge in [0, 0.05) is 30.9 Å². The van der Waals surface area contributed by atoms with Crippen molar-refractivity contribution in [3.05, 3.63) is 71.0 Å². The number of ketones is 1. The Balaban J connectivity index is 1.38. The Morgan fingerprint density at radius 2 is 1.72 bits per heavy atom. The number of nitrogens with one attached hydrogen (secondary N) is 3. The average molecular weight is 590 g/mol. The van der Waals surface area contributed by atoms with Crippen molar-refractivity contribution in [3.8, 4) is 0 Å². The number of Topliss-reactive ketones (excluding diaryl/α,β-unsaturated/α-hetero) is 1. The highest BCUT2D eigenvalue weighted by atomic mass is 16.4. The van der Waals surface area contributed by atoms with E-state index in [9.17, 15) is 24.0 Å². The van der Waals surface area contributed by atoms with Gasteiger partial charge in [-0.15, -0.1) is 10.2 Å². The molecule has 0 radical (unpaired) electrons. The summed E-state index contributed by atoms with van der Waals surface area (Å²) in [5.74, 6) is -2.77. The fraction of sp³-hybridized carbons (Fsp3) is 0.400. The van der Waals surface area contributed by atoms with Gasteiger partial charge < -0.3 is 15.7 Å². The van der Waals surface area contributed by atoms with Crippen molar-refractivity contribution in [2.24, 2.45) is 11.8 Å². The number of aliphatic carboxylic acids is 1. The molecule has 0 spiro atoms. The number of fused-ring (bicyclic) bond motifs is 1. The van der Waals surface area contributed by atoms with Crippen molar-refractivity contribution < 1.29 is 29.1 Å². The Hall–Kier alpha value is -4.94. The van der Waals surface area contributed by atoms with Gasteiger partial charge in [0.2, 0.25) is 17.7 Å². The van der Waals surface area contributed by atoms with Crippen LogP contribution >= 0.6 is 0 Å². The molecule has 13 nitrogen and oxygen atoms in total. The number of hydrogen-bond acceptors (Lipinski definition) is 8. The summed E-state index contributed by atoms with van der Waals surface area (Å²) in [5, 5.41) is 27.8. The van der Waals surface area contributed by atoms with Gasteiger partial charge in [0.15, 0.2) is 5.82 Å². The number of aromatic nitrogens is 4. The van der Waals surface area contributed by atoms with Crippen LogP contribution in [0.15, 0.2) is 48.5 Å². The van der Waals surface area contributed by atoms with Crippen LogP contribution in [0.2, 0.25) is 0 Å². The quantitative estimate of drug-likeness (QED) is 0.215. The number of carboxylic acids is 1. The number of carbonyl (C=O) groups is 5. The molecule has 226 valence electrons. The first-order valence-corrected chi connectivity index (χ1v) is 14.1. The molecule has 3 aromatic rings. The molecule has 0 saturated carbocycles. The number of para-hydroxylation sites is 1. The van der Waals surface area contributed by atoms with E-state index in [0.717, 1.165) is 11.1 Å². The zero-order valence-electron chi connectivity index (χ0n) is 24.1. The molecule has 2 heterocycles. The van der Waals surface area contributed by atoms with E-state index >= 15 is 0 Å². The topological polar surface area (TPSA) is 187 Å². The number of rotatable bonds is 14. The summed E-state index contributed by atoms with van der Waals surface area (Å²) in [6, 6.07) is 13.2. The standard InChI is InChI=1S/C30H35N7O6/c1-3-18(2)23(15-22(38)12-19-8-10-20(11-9-19)13-28(40)41)29(42)32-17-27(39)37-24-7-5-4-6-21(24)14-25(37)30(43)31-16-26-33-35-36-34-26/h4-11,18,23,25H,3,12-17H2,1-2H3,(H,31,43)(H,32,42)(H,40,41)(H,33,34,35,36)/t18-,23-,25-/m0/s1. The number of aromatic amines is 1. The van der Waals surface area contributed by atoms with Gasteiger partial charge in [0.25, 0.3) is 0 Å². The van der Waals surface area contributed by atoms with Crippen molar-refractivity contribution in [1.82, 2.24) is 31.3 Å². The maximum absolute atomic E-state index is 13.5. The number of nitrogens with zero attached hydrogens (tertiary/aromatic N) is 4. The number of H-pyrrole nitrogens is 1. The number of anilines is 1. The van der Waals surface area contributed by atoms with Gasteiger partial charge >= 0.3 is 5.97 Å². The fourth-order valence-corrected chi connectivity index (χ4v) is 5.16. The largest absolute Gasteiger partial charge is 0.481 e. The van der Waals surface area contributed by atoms with Gasteiger partial charge in [-0.25, -0.2) is 0 Å². The van der Waals surface area contributed by atoms with Crippen LogP contribution in [-0.2, 0) is 49.8 Å². The number of amides is 3. The van der Waals surface area contributed by atoms with E-state index in [0.29, 0.717) is 29.9 Å². The van der Waals surface area contributed by atoms with Crippen LogP contribution in [0, 0.1) is 11.8 Å². The number of carboxylic acid groups (broad SMARTS) is 1. The maximum Gasteiger partial charge on any atom is 0.307 e. The summed E-state index contributed by atoms with van der Waals surface area (Å²) in [5.41, 5.74) is 2.80. The van der Waals surface area contributed by atoms with Crippen molar-refractivity contribution in [1.29, 1.82) is 0 Å². The fourth-order valence-electron chi connectivity index (χ4n) is 5.16. The number of tetrazole rings is 1. The van der Waals surface area contributed by atoms with E-state index in [4.69, 9.17) is 5.11 Å². The van der Waals surface area contributed by atoms with Crippen molar-refractivity contribution in [2.45, 2.75) is 58.5 Å². The molecular formula is C30H35N7O6. The summed E-state index contributed by atoms with van der Waals surface area (Å²) in [6.45, 7) is 3.52. The predicted molar refractivity (Wildman–Crippen MR) is 155 cm³/mol. The highest BCUT2D eigenvalue weighted by molar-refractivity contribution is 6.05. The summed E-state index contributed by atoms with van der Waals surface area (Å²) < 4.78 is 0. The van der Waals surface area contributed by atoms with E-state index in [2.05, 4.69) is 31.3 Å². The highest BCUT2D eigenvalue weighted by Crippen LogP contribution is 2.32. The molecular weight excluding hydrogens is 554 g/mol. The SMILES string of the molecule is CC[C@H](C)[C@H](CC(=O)Cc1ccc(CC(=O)O)cc1)C(=O)NCC(=O)N1c2ccccc2C[C@H]1C(=O)NCc1nn[nH]n1. The van der Waals surface area contributed by atoms with Crippen molar-refractivity contribution in [3.63, 3.8) is 0 Å². The third kappa shape index (κ3) is 8.09. The molecule has 4 rings (SSSR count). The first kappa shape index (κ1) is 31.0. The molecule has 1 aliphatic heterocycles. The summed E-state index contributed by atoms with van der Waals surface area (Å²) >= 11 is 0. The lowest BCUT2D eigenvalue weighted by Gasteiger charge is -2.26. The Bertz CT molecular complexity index is 1460. The van der Waals surface area contributed by atoms with Crippen LogP contribution in [-0.4, -0.2) is 67.8 Å². The molecule has 0 saturated heterocycles. The van der Waals surface area contributed by atoms with E-state index in [-0.39, 0.29) is 50.0 Å². The Morgan fingerprint density at radius 3 is 2.37 bits per heavy atom. The van der Waals surface area contributed by atoms with Gasteiger partial charge in [-0.05, 0) is 28.7 Å². The van der Waals surface area contributed by atoms with Crippen LogP contribution in [0.4, 0.5) is 5.69 Å². The van der Waals surface area contributed by atoms with Gasteiger partial charge in [-0.3, -0.25) is 28.9 Å². The lowest BCUT2D eigenvalue weighted by molar-refractivity contribution is -0.136. The minimum Gasteiger partial charge on any atom is -0.481 e. The Morgan fingerprint density at radius 1 is 1.02 bits per heavy atom. The Kier molecular flexibility index (Phi) is 10.3. The van der Waals surface area contributed by atoms with Crippen LogP contribution in [0.5, 0.6) is 0 Å². The molecule has 3 atom stereocenters. The van der Waals surface area contributed by atoms with Crippen molar-refractivity contribution >= 4 is 35.2 Å². The van der Waals surface area contributed by atoms with Gasteiger partial charge in [0.1, 0.15) is 11.8 Å². The molecule has 13 heteroatoms. The van der Waals surface area contributed by atoms with Crippen LogP contribution in [0.25, 0.3) is 0 Å². The molecule has 43 heavy (non-hydrogen) atoms. The van der Waals surface area contributed by atoms with E-state index in [1.165, 1.54) is 4.90 Å². The summed E-state index contributed by atoms with van der Waals surface area (Å²) in [7, 11) is 0. The molecule has 0 aliphatic carbocycles. The van der Waals surface area contributed by atoms with E-state index < -0.39 is 29.7 Å². The summed E-state index contributed by atoms with van der Waals surface area (Å²) in [4.78, 5) is 65.1. The number of hydrogen-bond donors (Lipinski definition) is 4. The second kappa shape index (κ2) is 14.3. The van der Waals surface area contributed by atoms with Crippen molar-refractivity contribution in [2.75, 3.05) is 11.4 Å². The minimum absolute atomic E-state index is 0.000427. The Labute approximate surface area is 248 Å². The number of benzene rings is 2. The van der Waals surface area contributed by atoms with Gasteiger partial charge in [-0.2, -0.15) is 5.21 Å². The molecule has 0 fully saturated rings. The summed E-state index contributed by atoms with van der Waals surface area (Å²) in [6.07, 6.45) is 0.982. The molecule has 1 aliphatic rings. The van der Waals surface area contributed by atoms with Gasteiger partial charge in [0.05, 0.1) is 19.5 Å². The lowest BCUT2D eigenvalue weighted by atomic mass is 9.85.